The van der Waals surface area contributed by atoms with Crippen molar-refractivity contribution in [3.8, 4) is 0 Å². The third kappa shape index (κ3) is 4.97. The highest BCUT2D eigenvalue weighted by Gasteiger charge is 2.30. The van der Waals surface area contributed by atoms with Crippen LogP contribution in [0.3, 0.4) is 0 Å². The molecule has 0 bridgehead atoms. The van der Waals surface area contributed by atoms with E-state index in [2.05, 4.69) is 21.2 Å². The summed E-state index contributed by atoms with van der Waals surface area (Å²) in [5.41, 5.74) is 0.00949. The molecule has 2 rings (SSSR count). The van der Waals surface area contributed by atoms with Gasteiger partial charge in [-0.05, 0) is 46.3 Å². The lowest BCUT2D eigenvalue weighted by Crippen LogP contribution is -2.07. The van der Waals surface area contributed by atoms with E-state index in [1.165, 1.54) is 11.0 Å². The van der Waals surface area contributed by atoms with Crippen LogP contribution >= 0.6 is 27.7 Å². The van der Waals surface area contributed by atoms with Crippen LogP contribution in [0.5, 0.6) is 0 Å². The second kappa shape index (κ2) is 7.22. The number of hydrogen-bond donors (Lipinski definition) is 1. The zero-order valence-electron chi connectivity index (χ0n) is 11.0. The van der Waals surface area contributed by atoms with E-state index in [0.717, 1.165) is 17.9 Å². The minimum Gasteiger partial charge on any atom is -0.383 e. The van der Waals surface area contributed by atoms with Crippen molar-refractivity contribution >= 4 is 33.4 Å². The van der Waals surface area contributed by atoms with Crippen molar-refractivity contribution < 1.29 is 13.2 Å². The highest BCUT2D eigenvalue weighted by atomic mass is 79.9. The van der Waals surface area contributed by atoms with Gasteiger partial charge in [0, 0.05) is 27.4 Å². The standard InChI is InChI=1S/C15H13BrF3NS/c16-13-10-11(15(17,18)19)6-7-14(13)20-8-9-21-12-4-2-1-3-5-12/h1-7,10,20H,8-9H2. The summed E-state index contributed by atoms with van der Waals surface area (Å²) < 4.78 is 38.1. The smallest absolute Gasteiger partial charge is 0.383 e. The predicted molar refractivity (Wildman–Crippen MR) is 84.8 cm³/mol. The van der Waals surface area contributed by atoms with Gasteiger partial charge in [0.15, 0.2) is 0 Å². The number of hydrogen-bond acceptors (Lipinski definition) is 2. The second-order valence-electron chi connectivity index (χ2n) is 4.28. The molecule has 0 aromatic heterocycles. The van der Waals surface area contributed by atoms with E-state index in [-0.39, 0.29) is 0 Å². The topological polar surface area (TPSA) is 12.0 Å². The number of halogens is 4. The maximum Gasteiger partial charge on any atom is 0.416 e. The van der Waals surface area contributed by atoms with Gasteiger partial charge in [0.25, 0.3) is 0 Å². The van der Waals surface area contributed by atoms with Crippen LogP contribution in [0.25, 0.3) is 0 Å². The molecule has 0 aliphatic carbocycles. The van der Waals surface area contributed by atoms with Gasteiger partial charge in [-0.3, -0.25) is 0 Å². The summed E-state index contributed by atoms with van der Waals surface area (Å²) in [6, 6.07) is 13.6. The molecule has 0 heterocycles. The molecule has 0 radical (unpaired) electrons. The number of thioether (sulfide) groups is 1. The van der Waals surface area contributed by atoms with Crippen molar-refractivity contribution in [2.75, 3.05) is 17.6 Å². The van der Waals surface area contributed by atoms with Crippen molar-refractivity contribution in [3.63, 3.8) is 0 Å². The number of anilines is 1. The van der Waals surface area contributed by atoms with Crippen molar-refractivity contribution in [1.29, 1.82) is 0 Å². The van der Waals surface area contributed by atoms with E-state index in [0.29, 0.717) is 16.7 Å². The highest BCUT2D eigenvalue weighted by Crippen LogP contribution is 2.33. The summed E-state index contributed by atoms with van der Waals surface area (Å²) >= 11 is 4.86. The van der Waals surface area contributed by atoms with Crippen molar-refractivity contribution in [3.05, 3.63) is 58.6 Å². The molecule has 0 amide bonds. The van der Waals surface area contributed by atoms with E-state index in [1.807, 2.05) is 30.3 Å². The molecule has 0 fully saturated rings. The Labute approximate surface area is 134 Å². The molecule has 2 aromatic rings. The Morgan fingerprint density at radius 1 is 1.05 bits per heavy atom. The first-order valence-corrected chi connectivity index (χ1v) is 8.03. The van der Waals surface area contributed by atoms with Crippen LogP contribution < -0.4 is 5.32 Å². The molecule has 112 valence electrons. The lowest BCUT2D eigenvalue weighted by Gasteiger charge is -2.12. The average molecular weight is 376 g/mol. The summed E-state index contributed by atoms with van der Waals surface area (Å²) in [4.78, 5) is 1.17. The Kier molecular flexibility index (Phi) is 5.58. The summed E-state index contributed by atoms with van der Waals surface area (Å²) in [5, 5.41) is 3.13. The first kappa shape index (κ1) is 16.2. The van der Waals surface area contributed by atoms with Gasteiger partial charge in [-0.25, -0.2) is 0 Å². The molecule has 0 saturated carbocycles. The number of benzene rings is 2. The van der Waals surface area contributed by atoms with Gasteiger partial charge in [-0.2, -0.15) is 13.2 Å². The van der Waals surface area contributed by atoms with Crippen molar-refractivity contribution in [2.24, 2.45) is 0 Å². The van der Waals surface area contributed by atoms with E-state index < -0.39 is 11.7 Å². The summed E-state index contributed by atoms with van der Waals surface area (Å²) in [6.07, 6.45) is -4.32. The van der Waals surface area contributed by atoms with Gasteiger partial charge >= 0.3 is 6.18 Å². The average Bonchev–Trinajstić information content (AvgIpc) is 2.45. The molecule has 0 atom stereocenters. The van der Waals surface area contributed by atoms with Gasteiger partial charge in [0.2, 0.25) is 0 Å². The fourth-order valence-electron chi connectivity index (χ4n) is 1.71. The quantitative estimate of drug-likeness (QED) is 0.533. The van der Waals surface area contributed by atoms with Gasteiger partial charge in [-0.1, -0.05) is 18.2 Å². The van der Waals surface area contributed by atoms with Crippen LogP contribution in [0.15, 0.2) is 57.9 Å². The van der Waals surface area contributed by atoms with Gasteiger partial charge in [-0.15, -0.1) is 11.8 Å². The van der Waals surface area contributed by atoms with Crippen LogP contribution in [0.4, 0.5) is 18.9 Å². The van der Waals surface area contributed by atoms with E-state index >= 15 is 0 Å². The molecule has 0 aliphatic rings. The predicted octanol–water partition coefficient (Wildman–Crippen LogP) is 5.67. The van der Waals surface area contributed by atoms with Crippen LogP contribution in [0.2, 0.25) is 0 Å². The monoisotopic (exact) mass is 375 g/mol. The third-order valence-corrected chi connectivity index (χ3v) is 4.40. The van der Waals surface area contributed by atoms with Crippen LogP contribution in [0.1, 0.15) is 5.56 Å². The molecular weight excluding hydrogens is 363 g/mol. The largest absolute Gasteiger partial charge is 0.416 e. The zero-order chi connectivity index (χ0) is 15.3. The van der Waals surface area contributed by atoms with E-state index in [4.69, 9.17) is 0 Å². The fraction of sp³-hybridized carbons (Fsp3) is 0.200. The van der Waals surface area contributed by atoms with Crippen molar-refractivity contribution in [2.45, 2.75) is 11.1 Å². The molecule has 21 heavy (non-hydrogen) atoms. The van der Waals surface area contributed by atoms with Gasteiger partial charge in [0.1, 0.15) is 0 Å². The molecular formula is C15H13BrF3NS. The molecule has 0 spiro atoms. The Hall–Kier alpha value is -1.14. The lowest BCUT2D eigenvalue weighted by atomic mass is 10.2. The first-order chi connectivity index (χ1) is 9.97. The highest BCUT2D eigenvalue weighted by molar-refractivity contribution is 9.10. The minimum absolute atomic E-state index is 0.419. The maximum absolute atomic E-state index is 12.5. The number of alkyl halides is 3. The molecule has 2 aromatic carbocycles. The third-order valence-electron chi connectivity index (χ3n) is 2.73. The normalized spacial score (nSPS) is 11.4. The van der Waals surface area contributed by atoms with Crippen LogP contribution in [-0.2, 0) is 6.18 Å². The van der Waals surface area contributed by atoms with E-state index in [9.17, 15) is 13.2 Å². The Bertz CT molecular complexity index is 587. The summed E-state index contributed by atoms with van der Waals surface area (Å²) in [5.74, 6) is 0.831. The Balaban J connectivity index is 1.86. The fourth-order valence-corrected chi connectivity index (χ4v) is 3.01. The molecule has 6 heteroatoms. The number of nitrogens with one attached hydrogen (secondary N) is 1. The summed E-state index contributed by atoms with van der Waals surface area (Å²) in [6.45, 7) is 0.670. The second-order valence-corrected chi connectivity index (χ2v) is 6.30. The molecule has 0 unspecified atom stereocenters. The molecule has 1 N–H and O–H groups in total. The van der Waals surface area contributed by atoms with Crippen LogP contribution in [-0.4, -0.2) is 12.3 Å². The van der Waals surface area contributed by atoms with Crippen LogP contribution in [0, 0.1) is 0 Å². The maximum atomic E-state index is 12.5. The molecule has 0 saturated heterocycles. The number of rotatable bonds is 5. The minimum atomic E-state index is -4.32. The molecule has 0 aliphatic heterocycles. The Morgan fingerprint density at radius 3 is 2.38 bits per heavy atom. The first-order valence-electron chi connectivity index (χ1n) is 6.25. The lowest BCUT2D eigenvalue weighted by molar-refractivity contribution is -0.137. The zero-order valence-corrected chi connectivity index (χ0v) is 13.4. The van der Waals surface area contributed by atoms with Gasteiger partial charge < -0.3 is 5.32 Å². The van der Waals surface area contributed by atoms with Crippen molar-refractivity contribution in [1.82, 2.24) is 0 Å². The van der Waals surface area contributed by atoms with E-state index in [1.54, 1.807) is 11.8 Å². The Morgan fingerprint density at radius 2 is 1.76 bits per heavy atom. The SMILES string of the molecule is FC(F)(F)c1ccc(NCCSc2ccccc2)c(Br)c1. The summed E-state index contributed by atoms with van der Waals surface area (Å²) in [7, 11) is 0. The molecule has 1 nitrogen and oxygen atoms in total. The van der Waals surface area contributed by atoms with Gasteiger partial charge in [0.05, 0.1) is 5.56 Å².